The third kappa shape index (κ3) is 1.85. The Morgan fingerprint density at radius 2 is 2.05 bits per heavy atom. The van der Waals surface area contributed by atoms with Gasteiger partial charge in [0.25, 0.3) is 0 Å². The zero-order valence-corrected chi connectivity index (χ0v) is 10.8. The molecule has 96 valence electrons. The first-order valence-electron chi connectivity index (χ1n) is 5.99. The van der Waals surface area contributed by atoms with Crippen molar-refractivity contribution in [3.63, 3.8) is 0 Å². The summed E-state index contributed by atoms with van der Waals surface area (Å²) in [5.41, 5.74) is 4.70. The predicted octanol–water partition coefficient (Wildman–Crippen LogP) is 2.74. The lowest BCUT2D eigenvalue weighted by molar-refractivity contribution is 0.0535. The van der Waals surface area contributed by atoms with Gasteiger partial charge >= 0.3 is 5.97 Å². The van der Waals surface area contributed by atoms with Crippen LogP contribution in [0.2, 0.25) is 0 Å². The van der Waals surface area contributed by atoms with E-state index in [1.54, 1.807) is 19.5 Å². The maximum Gasteiger partial charge on any atom is 0.338 e. The molecule has 0 unspecified atom stereocenters. The van der Waals surface area contributed by atoms with E-state index in [1.807, 2.05) is 25.1 Å². The number of aromatic nitrogens is 1. The maximum absolute atomic E-state index is 11.5. The van der Waals surface area contributed by atoms with Crippen LogP contribution in [0.3, 0.4) is 0 Å². The summed E-state index contributed by atoms with van der Waals surface area (Å²) < 4.78 is 10.2. The van der Waals surface area contributed by atoms with Crippen LogP contribution in [-0.2, 0) is 11.3 Å². The van der Waals surface area contributed by atoms with E-state index in [9.17, 15) is 4.79 Å². The van der Waals surface area contributed by atoms with Gasteiger partial charge in [0.15, 0.2) is 0 Å². The lowest BCUT2D eigenvalue weighted by atomic mass is 9.95. The second-order valence-electron chi connectivity index (χ2n) is 4.45. The minimum atomic E-state index is -0.242. The molecule has 1 aromatic heterocycles. The molecule has 0 saturated heterocycles. The van der Waals surface area contributed by atoms with Crippen LogP contribution in [0.4, 0.5) is 0 Å². The Kier molecular flexibility index (Phi) is 2.71. The zero-order valence-electron chi connectivity index (χ0n) is 10.8. The van der Waals surface area contributed by atoms with Crippen LogP contribution in [0.25, 0.3) is 11.1 Å². The lowest BCUT2D eigenvalue weighted by Crippen LogP contribution is -1.96. The fourth-order valence-electron chi connectivity index (χ4n) is 2.34. The van der Waals surface area contributed by atoms with Gasteiger partial charge in [0.2, 0.25) is 0 Å². The molecule has 1 aliphatic rings. The van der Waals surface area contributed by atoms with E-state index in [-0.39, 0.29) is 5.97 Å². The quantitative estimate of drug-likeness (QED) is 0.774. The van der Waals surface area contributed by atoms with Gasteiger partial charge in [-0.1, -0.05) is 6.07 Å². The van der Waals surface area contributed by atoms with Crippen molar-refractivity contribution in [1.29, 1.82) is 0 Å². The van der Waals surface area contributed by atoms with Crippen LogP contribution in [0.5, 0.6) is 5.75 Å². The molecule has 0 bridgehead atoms. The first-order valence-corrected chi connectivity index (χ1v) is 5.99. The average molecular weight is 255 g/mol. The number of benzene rings is 1. The number of carbonyl (C=O) groups excluding carboxylic acids is 1. The number of esters is 1. The number of hydrogen-bond donors (Lipinski definition) is 0. The Balaban J connectivity index is 2.14. The van der Waals surface area contributed by atoms with Gasteiger partial charge in [0.05, 0.1) is 18.9 Å². The molecule has 19 heavy (non-hydrogen) atoms. The minimum Gasteiger partial charge on any atom is -0.495 e. The smallest absolute Gasteiger partial charge is 0.338 e. The van der Waals surface area contributed by atoms with Gasteiger partial charge in [0, 0.05) is 17.3 Å². The molecular formula is C15H13NO3. The molecule has 4 heteroatoms. The van der Waals surface area contributed by atoms with E-state index in [0.29, 0.717) is 17.9 Å². The summed E-state index contributed by atoms with van der Waals surface area (Å²) in [6.45, 7) is 2.35. The zero-order chi connectivity index (χ0) is 13.4. The average Bonchev–Trinajstić information content (AvgIpc) is 2.82. The molecule has 0 N–H and O–H groups in total. The summed E-state index contributed by atoms with van der Waals surface area (Å²) in [7, 11) is 1.61. The Bertz CT molecular complexity index is 664. The molecule has 4 nitrogen and oxygen atoms in total. The number of fused-ring (bicyclic) bond motifs is 1. The fourth-order valence-corrected chi connectivity index (χ4v) is 2.34. The molecule has 0 radical (unpaired) electrons. The number of ether oxygens (including phenoxy) is 2. The molecule has 0 aliphatic carbocycles. The summed E-state index contributed by atoms with van der Waals surface area (Å²) in [6, 6.07) is 5.67. The minimum absolute atomic E-state index is 0.242. The van der Waals surface area contributed by atoms with Crippen LogP contribution in [0.15, 0.2) is 30.6 Å². The van der Waals surface area contributed by atoms with Gasteiger partial charge in [-0.2, -0.15) is 0 Å². The third-order valence-corrected chi connectivity index (χ3v) is 3.43. The number of rotatable bonds is 2. The Morgan fingerprint density at radius 3 is 2.84 bits per heavy atom. The molecule has 0 saturated carbocycles. The normalized spacial score (nSPS) is 13.1. The number of pyridine rings is 1. The van der Waals surface area contributed by atoms with Crippen molar-refractivity contribution in [2.45, 2.75) is 13.5 Å². The standard InChI is InChI=1S/C15H13NO3/c1-9-12(10-5-11(18-2)7-16-6-10)3-4-13-14(9)8-19-15(13)17/h3-7H,8H2,1-2H3. The van der Waals surface area contributed by atoms with Crippen molar-refractivity contribution in [2.75, 3.05) is 7.11 Å². The number of cyclic esters (lactones) is 1. The first kappa shape index (κ1) is 11.7. The third-order valence-electron chi connectivity index (χ3n) is 3.43. The first-order chi connectivity index (χ1) is 9.20. The second kappa shape index (κ2) is 4.39. The summed E-state index contributed by atoms with van der Waals surface area (Å²) in [5.74, 6) is 0.471. The maximum atomic E-state index is 11.5. The highest BCUT2D eigenvalue weighted by atomic mass is 16.5. The lowest BCUT2D eigenvalue weighted by Gasteiger charge is -2.10. The predicted molar refractivity (Wildman–Crippen MR) is 70.1 cm³/mol. The van der Waals surface area contributed by atoms with Gasteiger partial charge in [0.1, 0.15) is 12.4 Å². The highest BCUT2D eigenvalue weighted by Gasteiger charge is 2.24. The van der Waals surface area contributed by atoms with Gasteiger partial charge in [-0.05, 0) is 30.2 Å². The molecule has 1 aromatic carbocycles. The molecule has 3 rings (SSSR count). The molecule has 0 atom stereocenters. The molecular weight excluding hydrogens is 242 g/mol. The number of methoxy groups -OCH3 is 1. The van der Waals surface area contributed by atoms with Crippen molar-refractivity contribution in [2.24, 2.45) is 0 Å². The molecule has 0 fully saturated rings. The largest absolute Gasteiger partial charge is 0.495 e. The van der Waals surface area contributed by atoms with Crippen LogP contribution in [0, 0.1) is 6.92 Å². The van der Waals surface area contributed by atoms with Crippen LogP contribution in [0.1, 0.15) is 21.5 Å². The van der Waals surface area contributed by atoms with Crippen LogP contribution >= 0.6 is 0 Å². The van der Waals surface area contributed by atoms with Crippen molar-refractivity contribution < 1.29 is 14.3 Å². The number of carbonyl (C=O) groups is 1. The Hall–Kier alpha value is -2.36. The summed E-state index contributed by atoms with van der Waals surface area (Å²) in [4.78, 5) is 15.7. The van der Waals surface area contributed by atoms with E-state index in [4.69, 9.17) is 9.47 Å². The van der Waals surface area contributed by atoms with E-state index in [1.165, 1.54) is 0 Å². The van der Waals surface area contributed by atoms with Crippen LogP contribution < -0.4 is 4.74 Å². The van der Waals surface area contributed by atoms with Gasteiger partial charge in [-0.3, -0.25) is 4.98 Å². The van der Waals surface area contributed by atoms with E-state index in [0.717, 1.165) is 22.3 Å². The topological polar surface area (TPSA) is 48.4 Å². The molecule has 2 heterocycles. The van der Waals surface area contributed by atoms with Crippen molar-refractivity contribution in [1.82, 2.24) is 4.98 Å². The Labute approximate surface area is 111 Å². The van der Waals surface area contributed by atoms with Gasteiger partial charge < -0.3 is 9.47 Å². The van der Waals surface area contributed by atoms with E-state index >= 15 is 0 Å². The molecule has 0 amide bonds. The fraction of sp³-hybridized carbons (Fsp3) is 0.200. The highest BCUT2D eigenvalue weighted by molar-refractivity contribution is 5.95. The highest BCUT2D eigenvalue weighted by Crippen LogP contribution is 2.32. The van der Waals surface area contributed by atoms with Crippen molar-refractivity contribution in [3.8, 4) is 16.9 Å². The number of nitrogens with zero attached hydrogens (tertiary/aromatic N) is 1. The van der Waals surface area contributed by atoms with Crippen molar-refractivity contribution >= 4 is 5.97 Å². The Morgan fingerprint density at radius 1 is 1.26 bits per heavy atom. The van der Waals surface area contributed by atoms with E-state index < -0.39 is 0 Å². The SMILES string of the molecule is COc1cncc(-c2ccc3c(c2C)COC3=O)c1. The van der Waals surface area contributed by atoms with E-state index in [2.05, 4.69) is 4.98 Å². The van der Waals surface area contributed by atoms with Gasteiger partial charge in [-0.25, -0.2) is 4.79 Å². The number of hydrogen-bond acceptors (Lipinski definition) is 4. The van der Waals surface area contributed by atoms with Gasteiger partial charge in [-0.15, -0.1) is 0 Å². The monoisotopic (exact) mass is 255 g/mol. The summed E-state index contributed by atoms with van der Waals surface area (Å²) >= 11 is 0. The second-order valence-corrected chi connectivity index (χ2v) is 4.45. The summed E-state index contributed by atoms with van der Waals surface area (Å²) in [6.07, 6.45) is 3.45. The van der Waals surface area contributed by atoms with Crippen molar-refractivity contribution in [3.05, 3.63) is 47.3 Å². The molecule has 0 spiro atoms. The molecule has 2 aromatic rings. The molecule has 1 aliphatic heterocycles. The summed E-state index contributed by atoms with van der Waals surface area (Å²) in [5, 5.41) is 0. The van der Waals surface area contributed by atoms with Crippen LogP contribution in [-0.4, -0.2) is 18.1 Å².